The normalized spacial score (nSPS) is 13.4. The minimum Gasteiger partial charge on any atom is -0.478 e. The van der Waals surface area contributed by atoms with E-state index >= 15 is 0 Å². The summed E-state index contributed by atoms with van der Waals surface area (Å²) in [5.41, 5.74) is -8.19. The van der Waals surface area contributed by atoms with Crippen LogP contribution in [0.15, 0.2) is 12.1 Å². The van der Waals surface area contributed by atoms with Gasteiger partial charge in [-0.15, -0.1) is 0 Å². The summed E-state index contributed by atoms with van der Waals surface area (Å²) in [6.07, 6.45) is -12.0. The molecule has 0 spiro atoms. The first kappa shape index (κ1) is 17.3. The van der Waals surface area contributed by atoms with Crippen LogP contribution in [0.25, 0.3) is 0 Å². The van der Waals surface area contributed by atoms with Crippen molar-refractivity contribution in [1.29, 1.82) is 0 Å². The Labute approximate surface area is 114 Å². The fourth-order valence-corrected chi connectivity index (χ4v) is 2.10. The van der Waals surface area contributed by atoms with Gasteiger partial charge in [-0.1, -0.05) is 0 Å². The molecule has 1 rings (SSSR count). The molecule has 0 aliphatic heterocycles. The first-order valence-electron chi connectivity index (χ1n) is 5.44. The van der Waals surface area contributed by atoms with Crippen molar-refractivity contribution in [3.05, 3.63) is 34.4 Å². The van der Waals surface area contributed by atoms with Gasteiger partial charge in [-0.3, -0.25) is 0 Å². The largest absolute Gasteiger partial charge is 0.478 e. The predicted molar refractivity (Wildman–Crippen MR) is 58.9 cm³/mol. The highest BCUT2D eigenvalue weighted by Gasteiger charge is 2.72. The Hall–Kier alpha value is -1.77. The Kier molecular flexibility index (Phi) is 4.03. The molecule has 0 atom stereocenters. The Balaban J connectivity index is 3.74. The average molecular weight is 316 g/mol. The zero-order valence-corrected chi connectivity index (χ0v) is 10.7. The molecule has 0 aromatic heterocycles. The van der Waals surface area contributed by atoms with Crippen LogP contribution in [0, 0.1) is 13.8 Å². The molecular weight excluding hydrogens is 306 g/mol. The number of hydrogen-bond acceptors (Lipinski definition) is 2. The second-order valence-corrected chi connectivity index (χ2v) is 4.50. The van der Waals surface area contributed by atoms with Gasteiger partial charge in [0, 0.05) is 5.56 Å². The van der Waals surface area contributed by atoms with Gasteiger partial charge < -0.3 is 10.2 Å². The summed E-state index contributed by atoms with van der Waals surface area (Å²) in [4.78, 5) is 10.8. The highest BCUT2D eigenvalue weighted by atomic mass is 19.4. The van der Waals surface area contributed by atoms with E-state index in [0.717, 1.165) is 13.8 Å². The van der Waals surface area contributed by atoms with Crippen molar-refractivity contribution in [3.63, 3.8) is 0 Å². The monoisotopic (exact) mass is 316 g/mol. The maximum absolute atomic E-state index is 12.8. The van der Waals surface area contributed by atoms with Crippen molar-refractivity contribution in [2.24, 2.45) is 0 Å². The number of carboxylic acid groups (broad SMARTS) is 1. The van der Waals surface area contributed by atoms with Crippen molar-refractivity contribution in [2.45, 2.75) is 31.8 Å². The molecule has 9 heteroatoms. The van der Waals surface area contributed by atoms with Crippen LogP contribution < -0.4 is 0 Å². The first-order valence-corrected chi connectivity index (χ1v) is 5.44. The zero-order valence-electron chi connectivity index (χ0n) is 10.7. The van der Waals surface area contributed by atoms with Gasteiger partial charge in [0.2, 0.25) is 0 Å². The summed E-state index contributed by atoms with van der Waals surface area (Å²) in [5, 5.41) is 18.1. The number of carbonyl (C=O) groups is 1. The number of carboxylic acids is 1. The lowest BCUT2D eigenvalue weighted by Gasteiger charge is -2.35. The third-order valence-corrected chi connectivity index (χ3v) is 2.96. The first-order chi connectivity index (χ1) is 9.23. The summed E-state index contributed by atoms with van der Waals surface area (Å²) >= 11 is 0. The van der Waals surface area contributed by atoms with Crippen molar-refractivity contribution in [3.8, 4) is 0 Å². The van der Waals surface area contributed by atoms with E-state index in [1.165, 1.54) is 0 Å². The Morgan fingerprint density at radius 3 is 1.52 bits per heavy atom. The Morgan fingerprint density at radius 1 is 0.952 bits per heavy atom. The standard InChI is InChI=1S/C12H10F6O3/c1-5-3-7(9(19)20)4-6(2)8(5)10(21,11(13,14)15)12(16,17)18/h3-4,21H,1-2H3,(H,19,20). The van der Waals surface area contributed by atoms with E-state index < -0.39 is 46.2 Å². The van der Waals surface area contributed by atoms with Crippen LogP contribution in [0.5, 0.6) is 0 Å². The summed E-state index contributed by atoms with van der Waals surface area (Å²) in [5.74, 6) is -1.50. The summed E-state index contributed by atoms with van der Waals surface area (Å²) in [7, 11) is 0. The molecule has 0 radical (unpaired) electrons. The summed E-state index contributed by atoms with van der Waals surface area (Å²) in [6, 6.07) is 1.29. The molecule has 0 unspecified atom stereocenters. The van der Waals surface area contributed by atoms with Gasteiger partial charge in [0.1, 0.15) is 0 Å². The number of aromatic carboxylic acids is 1. The molecule has 0 aliphatic rings. The number of alkyl halides is 6. The molecule has 0 saturated heterocycles. The molecule has 0 heterocycles. The molecular formula is C12H10F6O3. The Morgan fingerprint density at radius 2 is 1.29 bits per heavy atom. The molecule has 21 heavy (non-hydrogen) atoms. The van der Waals surface area contributed by atoms with E-state index in [4.69, 9.17) is 5.11 Å². The van der Waals surface area contributed by atoms with Gasteiger partial charge >= 0.3 is 18.3 Å². The van der Waals surface area contributed by atoms with Gasteiger partial charge in [0.25, 0.3) is 5.60 Å². The van der Waals surface area contributed by atoms with Crippen LogP contribution >= 0.6 is 0 Å². The van der Waals surface area contributed by atoms with Crippen LogP contribution in [0.4, 0.5) is 26.3 Å². The zero-order chi connectivity index (χ0) is 16.8. The minimum absolute atomic E-state index is 0.472. The SMILES string of the molecule is Cc1cc(C(=O)O)cc(C)c1C(O)(C(F)(F)F)C(F)(F)F. The second-order valence-electron chi connectivity index (χ2n) is 4.50. The van der Waals surface area contributed by atoms with Crippen molar-refractivity contribution < 1.29 is 41.4 Å². The number of aliphatic hydroxyl groups is 1. The maximum atomic E-state index is 12.8. The molecule has 0 bridgehead atoms. The van der Waals surface area contributed by atoms with Gasteiger partial charge in [-0.05, 0) is 37.1 Å². The smallest absolute Gasteiger partial charge is 0.430 e. The van der Waals surface area contributed by atoms with Crippen molar-refractivity contribution in [2.75, 3.05) is 0 Å². The quantitative estimate of drug-likeness (QED) is 0.823. The highest BCUT2D eigenvalue weighted by molar-refractivity contribution is 5.88. The van der Waals surface area contributed by atoms with E-state index in [9.17, 15) is 36.2 Å². The van der Waals surface area contributed by atoms with E-state index in [2.05, 4.69) is 0 Å². The van der Waals surface area contributed by atoms with Gasteiger partial charge in [0.05, 0.1) is 5.56 Å². The van der Waals surface area contributed by atoms with Crippen LogP contribution in [0.1, 0.15) is 27.0 Å². The second kappa shape index (κ2) is 4.90. The molecule has 3 nitrogen and oxygen atoms in total. The van der Waals surface area contributed by atoms with Crippen molar-refractivity contribution in [1.82, 2.24) is 0 Å². The molecule has 0 fully saturated rings. The van der Waals surface area contributed by atoms with Crippen molar-refractivity contribution >= 4 is 5.97 Å². The highest BCUT2D eigenvalue weighted by Crippen LogP contribution is 2.51. The van der Waals surface area contributed by atoms with E-state index in [1.54, 1.807) is 0 Å². The molecule has 118 valence electrons. The average Bonchev–Trinajstić information content (AvgIpc) is 2.24. The maximum Gasteiger partial charge on any atom is 0.430 e. The fourth-order valence-electron chi connectivity index (χ4n) is 2.10. The Bertz CT molecular complexity index is 536. The molecule has 0 amide bonds. The van der Waals surface area contributed by atoms with Crippen LogP contribution in [0.2, 0.25) is 0 Å². The lowest BCUT2D eigenvalue weighted by molar-refractivity contribution is -0.376. The molecule has 1 aromatic rings. The van der Waals surface area contributed by atoms with Crippen LogP contribution in [-0.4, -0.2) is 28.5 Å². The number of benzene rings is 1. The van der Waals surface area contributed by atoms with Crippen LogP contribution in [-0.2, 0) is 5.60 Å². The van der Waals surface area contributed by atoms with E-state index in [0.29, 0.717) is 12.1 Å². The molecule has 1 aromatic carbocycles. The molecule has 0 aliphatic carbocycles. The molecule has 0 saturated carbocycles. The third-order valence-electron chi connectivity index (χ3n) is 2.96. The van der Waals surface area contributed by atoms with Gasteiger partial charge in [-0.25, -0.2) is 4.79 Å². The van der Waals surface area contributed by atoms with Gasteiger partial charge in [-0.2, -0.15) is 26.3 Å². The van der Waals surface area contributed by atoms with E-state index in [-0.39, 0.29) is 0 Å². The number of aryl methyl sites for hydroxylation is 2. The topological polar surface area (TPSA) is 57.5 Å². The number of hydrogen-bond donors (Lipinski definition) is 2. The van der Waals surface area contributed by atoms with E-state index in [1.807, 2.05) is 0 Å². The lowest BCUT2D eigenvalue weighted by Crippen LogP contribution is -2.54. The minimum atomic E-state index is -6.01. The van der Waals surface area contributed by atoms with Gasteiger partial charge in [0.15, 0.2) is 0 Å². The molecule has 2 N–H and O–H groups in total. The fraction of sp³-hybridized carbons (Fsp3) is 0.417. The third kappa shape index (κ3) is 2.69. The summed E-state index contributed by atoms with van der Waals surface area (Å²) < 4.78 is 76.9. The number of rotatable bonds is 2. The number of halogens is 6. The summed E-state index contributed by atoms with van der Waals surface area (Å²) in [6.45, 7) is 1.74. The lowest BCUT2D eigenvalue weighted by atomic mass is 9.84. The predicted octanol–water partition coefficient (Wildman–Crippen LogP) is 3.31. The van der Waals surface area contributed by atoms with Crippen LogP contribution in [0.3, 0.4) is 0 Å².